The fraction of sp³-hybridized carbons (Fsp3) is 0.400. The second-order valence-corrected chi connectivity index (χ2v) is 5.21. The lowest BCUT2D eigenvalue weighted by atomic mass is 10.0. The van der Waals surface area contributed by atoms with E-state index in [1.165, 1.54) is 22.2 Å². The van der Waals surface area contributed by atoms with Gasteiger partial charge in [0.15, 0.2) is 0 Å². The lowest BCUT2D eigenvalue weighted by Gasteiger charge is -2.30. The maximum atomic E-state index is 5.56. The number of benzene rings is 1. The minimum atomic E-state index is 0.855. The van der Waals surface area contributed by atoms with Gasteiger partial charge in [-0.05, 0) is 18.1 Å². The van der Waals surface area contributed by atoms with Gasteiger partial charge in [-0.3, -0.25) is 4.99 Å². The number of hydrogen-bond acceptors (Lipinski definition) is 3. The van der Waals surface area contributed by atoms with Gasteiger partial charge in [0.2, 0.25) is 0 Å². The Bertz CT molecular complexity index is 699. The normalized spacial score (nSPS) is 17.4. The quantitative estimate of drug-likeness (QED) is 0.779. The van der Waals surface area contributed by atoms with E-state index >= 15 is 0 Å². The van der Waals surface area contributed by atoms with Gasteiger partial charge in [0, 0.05) is 25.5 Å². The Morgan fingerprint density at radius 1 is 1.26 bits per heavy atom. The number of methoxy groups -OCH3 is 1. The first-order valence-corrected chi connectivity index (χ1v) is 6.75. The molecule has 0 amide bonds. The Morgan fingerprint density at radius 2 is 2.16 bits per heavy atom. The smallest absolute Gasteiger partial charge is 0.148 e. The van der Waals surface area contributed by atoms with Crippen LogP contribution in [0.4, 0.5) is 0 Å². The van der Waals surface area contributed by atoms with Crippen molar-refractivity contribution < 1.29 is 4.74 Å². The first kappa shape index (κ1) is 10.9. The summed E-state index contributed by atoms with van der Waals surface area (Å²) in [7, 11) is 3.88. The van der Waals surface area contributed by atoms with E-state index in [0.717, 1.165) is 37.6 Å². The molecule has 1 aromatic carbocycles. The molecule has 0 bridgehead atoms. The van der Waals surface area contributed by atoms with Crippen LogP contribution in [0.2, 0.25) is 0 Å². The van der Waals surface area contributed by atoms with Crippen molar-refractivity contribution in [2.24, 2.45) is 4.99 Å². The summed E-state index contributed by atoms with van der Waals surface area (Å²) in [4.78, 5) is 6.98. The van der Waals surface area contributed by atoms with Crippen LogP contribution in [0.5, 0.6) is 5.75 Å². The van der Waals surface area contributed by atoms with Crippen molar-refractivity contribution in [3.05, 3.63) is 29.5 Å². The third kappa shape index (κ3) is 1.31. The summed E-state index contributed by atoms with van der Waals surface area (Å²) in [5, 5.41) is 1.33. The molecule has 2 aromatic rings. The molecule has 0 spiro atoms. The average Bonchev–Trinajstić information content (AvgIpc) is 2.79. The molecule has 0 fully saturated rings. The third-order valence-electron chi connectivity index (χ3n) is 4.23. The maximum absolute atomic E-state index is 5.56. The van der Waals surface area contributed by atoms with Crippen LogP contribution < -0.4 is 4.74 Å². The number of amidine groups is 1. The summed E-state index contributed by atoms with van der Waals surface area (Å²) in [6, 6.07) is 6.34. The van der Waals surface area contributed by atoms with Crippen molar-refractivity contribution in [1.29, 1.82) is 0 Å². The zero-order valence-corrected chi connectivity index (χ0v) is 11.3. The minimum absolute atomic E-state index is 0.855. The molecule has 2 aliphatic rings. The number of hydrogen-bond donors (Lipinski definition) is 0. The highest BCUT2D eigenvalue weighted by atomic mass is 16.5. The van der Waals surface area contributed by atoms with E-state index < -0.39 is 0 Å². The van der Waals surface area contributed by atoms with Crippen LogP contribution in [0.15, 0.2) is 23.2 Å². The lowest BCUT2D eigenvalue weighted by molar-refractivity contribution is 0.416. The van der Waals surface area contributed by atoms with Crippen LogP contribution in [0, 0.1) is 0 Å². The van der Waals surface area contributed by atoms with Crippen LogP contribution in [-0.4, -0.2) is 42.5 Å². The van der Waals surface area contributed by atoms with Gasteiger partial charge in [0.1, 0.15) is 11.6 Å². The van der Waals surface area contributed by atoms with E-state index in [1.54, 1.807) is 7.11 Å². The van der Waals surface area contributed by atoms with Gasteiger partial charge in [-0.25, -0.2) is 0 Å². The van der Waals surface area contributed by atoms with Crippen molar-refractivity contribution in [1.82, 2.24) is 9.47 Å². The first-order valence-electron chi connectivity index (χ1n) is 6.75. The molecule has 0 atom stereocenters. The molecule has 4 nitrogen and oxygen atoms in total. The van der Waals surface area contributed by atoms with Crippen molar-refractivity contribution in [2.75, 3.05) is 27.2 Å². The van der Waals surface area contributed by atoms with Crippen molar-refractivity contribution >= 4 is 16.7 Å². The number of likely N-dealkylation sites (N-methyl/N-ethyl adjacent to an activating group) is 1. The first-order chi connectivity index (χ1) is 9.31. The largest absolute Gasteiger partial charge is 0.495 e. The topological polar surface area (TPSA) is 29.8 Å². The molecule has 98 valence electrons. The molecule has 0 radical (unpaired) electrons. The highest BCUT2D eigenvalue weighted by Gasteiger charge is 2.30. The molecular weight excluding hydrogens is 238 g/mol. The molecule has 4 heteroatoms. The van der Waals surface area contributed by atoms with Gasteiger partial charge < -0.3 is 14.2 Å². The molecule has 0 saturated heterocycles. The number of fused-ring (bicyclic) bond motifs is 3. The van der Waals surface area contributed by atoms with Crippen molar-refractivity contribution in [2.45, 2.75) is 13.0 Å². The Hall–Kier alpha value is -1.97. The summed E-state index contributed by atoms with van der Waals surface area (Å²) in [6.45, 7) is 2.85. The summed E-state index contributed by atoms with van der Waals surface area (Å²) >= 11 is 0. The molecule has 0 aliphatic carbocycles. The molecular formula is C15H17N3O. The van der Waals surface area contributed by atoms with Crippen molar-refractivity contribution in [3.8, 4) is 5.75 Å². The second-order valence-electron chi connectivity index (χ2n) is 5.21. The van der Waals surface area contributed by atoms with E-state index in [0.29, 0.717) is 0 Å². The van der Waals surface area contributed by atoms with E-state index in [2.05, 4.69) is 28.6 Å². The van der Waals surface area contributed by atoms with Crippen LogP contribution in [-0.2, 0) is 13.0 Å². The molecule has 0 saturated carbocycles. The van der Waals surface area contributed by atoms with Gasteiger partial charge in [0.05, 0.1) is 24.9 Å². The zero-order chi connectivity index (χ0) is 13.0. The number of nitrogens with zero attached hydrogens (tertiary/aromatic N) is 3. The van der Waals surface area contributed by atoms with Crippen molar-refractivity contribution in [3.63, 3.8) is 0 Å². The van der Waals surface area contributed by atoms with Gasteiger partial charge in [-0.1, -0.05) is 12.1 Å². The molecule has 0 N–H and O–H groups in total. The molecule has 0 unspecified atom stereocenters. The summed E-state index contributed by atoms with van der Waals surface area (Å²) in [6.07, 6.45) is 1.08. The summed E-state index contributed by atoms with van der Waals surface area (Å²) in [5.41, 5.74) is 3.97. The molecule has 2 aliphatic heterocycles. The third-order valence-corrected chi connectivity index (χ3v) is 4.23. The number of para-hydroxylation sites is 1. The monoisotopic (exact) mass is 255 g/mol. The predicted molar refractivity (Wildman–Crippen MR) is 76.2 cm³/mol. The van der Waals surface area contributed by atoms with E-state index in [9.17, 15) is 0 Å². The van der Waals surface area contributed by atoms with E-state index in [1.807, 2.05) is 6.07 Å². The SMILES string of the molecule is COc1cccc2c3c4n(c12)CCN=C4N(C)CC3. The number of aliphatic imine (C=N–C) groups is 1. The molecule has 4 rings (SSSR count). The standard InChI is InChI=1S/C15H17N3O/c1-17-8-6-11-10-4-3-5-12(19-2)13(10)18-9-7-16-15(17)14(11)18/h3-5H,6-9H2,1-2H3. The summed E-state index contributed by atoms with van der Waals surface area (Å²) < 4.78 is 7.95. The predicted octanol–water partition coefficient (Wildman–Crippen LogP) is 1.90. The van der Waals surface area contributed by atoms with Crippen LogP contribution in [0.1, 0.15) is 11.3 Å². The van der Waals surface area contributed by atoms with Crippen LogP contribution in [0.25, 0.3) is 10.9 Å². The molecule has 1 aromatic heterocycles. The highest BCUT2D eigenvalue weighted by molar-refractivity contribution is 6.07. The molecule has 3 heterocycles. The summed E-state index contributed by atoms with van der Waals surface area (Å²) in [5.74, 6) is 2.11. The average molecular weight is 255 g/mol. The van der Waals surface area contributed by atoms with E-state index in [4.69, 9.17) is 9.73 Å². The Labute approximate surface area is 112 Å². The molecule has 19 heavy (non-hydrogen) atoms. The van der Waals surface area contributed by atoms with Gasteiger partial charge >= 0.3 is 0 Å². The second kappa shape index (κ2) is 3.76. The highest BCUT2D eigenvalue weighted by Crippen LogP contribution is 2.36. The zero-order valence-electron chi connectivity index (χ0n) is 11.3. The maximum Gasteiger partial charge on any atom is 0.148 e. The Balaban J connectivity index is 2.13. The number of ether oxygens (including phenoxy) is 1. The van der Waals surface area contributed by atoms with Gasteiger partial charge in [-0.2, -0.15) is 0 Å². The minimum Gasteiger partial charge on any atom is -0.495 e. The Kier molecular flexibility index (Phi) is 2.16. The number of rotatable bonds is 1. The van der Waals surface area contributed by atoms with Gasteiger partial charge in [-0.15, -0.1) is 0 Å². The fourth-order valence-corrected chi connectivity index (χ4v) is 3.36. The Morgan fingerprint density at radius 3 is 3.00 bits per heavy atom. The van der Waals surface area contributed by atoms with E-state index in [-0.39, 0.29) is 0 Å². The van der Waals surface area contributed by atoms with Crippen LogP contribution >= 0.6 is 0 Å². The van der Waals surface area contributed by atoms with Gasteiger partial charge in [0.25, 0.3) is 0 Å². The fourth-order valence-electron chi connectivity index (χ4n) is 3.36. The number of aromatic nitrogens is 1. The van der Waals surface area contributed by atoms with Crippen LogP contribution in [0.3, 0.4) is 0 Å². The lowest BCUT2D eigenvalue weighted by Crippen LogP contribution is -2.38.